The number of carbonyl (C=O) groups excluding carboxylic acids is 3. The molecule has 302 valence electrons. The summed E-state index contributed by atoms with van der Waals surface area (Å²) in [6.45, 7) is 6.46. The van der Waals surface area contributed by atoms with Gasteiger partial charge in [0, 0.05) is 19.3 Å². The highest BCUT2D eigenvalue weighted by Gasteiger charge is 2.19. The Morgan fingerprint density at radius 3 is 1.17 bits per heavy atom. The molecule has 0 aromatic rings. The molecule has 0 heterocycles. The van der Waals surface area contributed by atoms with Gasteiger partial charge in [-0.05, 0) is 51.4 Å². The Morgan fingerprint density at radius 1 is 0.404 bits per heavy atom. The lowest BCUT2D eigenvalue weighted by Crippen LogP contribution is -2.30. The topological polar surface area (TPSA) is 78.9 Å². The fourth-order valence-electron chi connectivity index (χ4n) is 6.10. The molecular formula is C46H82O6. The van der Waals surface area contributed by atoms with Gasteiger partial charge in [0.05, 0.1) is 0 Å². The van der Waals surface area contributed by atoms with Crippen molar-refractivity contribution in [1.29, 1.82) is 0 Å². The summed E-state index contributed by atoms with van der Waals surface area (Å²) < 4.78 is 16.6. The molecule has 0 aliphatic carbocycles. The van der Waals surface area contributed by atoms with Crippen LogP contribution < -0.4 is 0 Å². The van der Waals surface area contributed by atoms with Gasteiger partial charge in [-0.25, -0.2) is 0 Å². The van der Waals surface area contributed by atoms with Gasteiger partial charge in [0.15, 0.2) is 6.10 Å². The van der Waals surface area contributed by atoms with Crippen LogP contribution in [0.4, 0.5) is 0 Å². The van der Waals surface area contributed by atoms with Crippen molar-refractivity contribution in [2.45, 2.75) is 226 Å². The third-order valence-corrected chi connectivity index (χ3v) is 9.41. The average Bonchev–Trinajstić information content (AvgIpc) is 3.14. The predicted molar refractivity (Wildman–Crippen MR) is 219 cm³/mol. The second-order valence-corrected chi connectivity index (χ2v) is 14.6. The van der Waals surface area contributed by atoms with Crippen LogP contribution >= 0.6 is 0 Å². The Morgan fingerprint density at radius 2 is 0.750 bits per heavy atom. The van der Waals surface area contributed by atoms with E-state index in [1.54, 1.807) is 0 Å². The normalized spacial score (nSPS) is 12.3. The van der Waals surface area contributed by atoms with E-state index in [2.05, 4.69) is 57.2 Å². The van der Waals surface area contributed by atoms with Gasteiger partial charge in [-0.3, -0.25) is 14.4 Å². The second kappa shape index (κ2) is 41.4. The molecule has 0 saturated heterocycles. The first-order chi connectivity index (χ1) is 25.5. The average molecular weight is 731 g/mol. The molecular weight excluding hydrogens is 648 g/mol. The number of rotatable bonds is 39. The highest BCUT2D eigenvalue weighted by Crippen LogP contribution is 2.14. The minimum absolute atomic E-state index is 0.0787. The van der Waals surface area contributed by atoms with Gasteiger partial charge >= 0.3 is 17.9 Å². The maximum atomic E-state index is 12.7. The maximum absolute atomic E-state index is 12.7. The van der Waals surface area contributed by atoms with Crippen LogP contribution in [0.25, 0.3) is 0 Å². The first-order valence-electron chi connectivity index (χ1n) is 22.0. The molecule has 1 atom stereocenters. The quantitative estimate of drug-likeness (QED) is 0.0271. The number of hydrogen-bond donors (Lipinski definition) is 0. The number of allylic oxidation sites excluding steroid dienone is 6. The molecule has 0 radical (unpaired) electrons. The highest BCUT2D eigenvalue weighted by molar-refractivity contribution is 5.71. The number of carbonyl (C=O) groups is 3. The van der Waals surface area contributed by atoms with E-state index < -0.39 is 6.10 Å². The Kier molecular flexibility index (Phi) is 39.5. The van der Waals surface area contributed by atoms with Crippen molar-refractivity contribution in [3.05, 3.63) is 36.5 Å². The molecule has 6 heteroatoms. The molecule has 0 aliphatic rings. The summed E-state index contributed by atoms with van der Waals surface area (Å²) >= 11 is 0. The molecule has 52 heavy (non-hydrogen) atoms. The third-order valence-electron chi connectivity index (χ3n) is 9.41. The summed E-state index contributed by atoms with van der Waals surface area (Å²) in [7, 11) is 0. The van der Waals surface area contributed by atoms with E-state index in [0.717, 1.165) is 83.5 Å². The lowest BCUT2D eigenvalue weighted by molar-refractivity contribution is -0.167. The van der Waals surface area contributed by atoms with Crippen molar-refractivity contribution in [1.82, 2.24) is 0 Å². The Bertz CT molecular complexity index is 891. The summed E-state index contributed by atoms with van der Waals surface area (Å²) in [4.78, 5) is 37.6. The molecule has 6 nitrogen and oxygen atoms in total. The van der Waals surface area contributed by atoms with Crippen LogP contribution in [0.5, 0.6) is 0 Å². The SMILES string of the molecule is CC/C=C\C/C=C\C/C=C\CCCCCC(=O)OCC(COC(=O)CCCCCCCCCCC)OC(=O)CCCCCCCCCCCCCC. The van der Waals surface area contributed by atoms with Gasteiger partial charge in [-0.15, -0.1) is 0 Å². The van der Waals surface area contributed by atoms with Gasteiger partial charge in [-0.1, -0.05) is 186 Å². The number of unbranched alkanes of at least 4 members (excludes halogenated alkanes) is 22. The van der Waals surface area contributed by atoms with E-state index >= 15 is 0 Å². The van der Waals surface area contributed by atoms with Crippen LogP contribution in [-0.2, 0) is 28.6 Å². The van der Waals surface area contributed by atoms with Crippen molar-refractivity contribution < 1.29 is 28.6 Å². The van der Waals surface area contributed by atoms with Crippen LogP contribution in [0.15, 0.2) is 36.5 Å². The zero-order chi connectivity index (χ0) is 38.0. The molecule has 0 aromatic heterocycles. The monoisotopic (exact) mass is 731 g/mol. The smallest absolute Gasteiger partial charge is 0.306 e. The molecule has 0 spiro atoms. The van der Waals surface area contributed by atoms with Gasteiger partial charge in [-0.2, -0.15) is 0 Å². The zero-order valence-corrected chi connectivity index (χ0v) is 34.3. The van der Waals surface area contributed by atoms with Crippen molar-refractivity contribution in [2.24, 2.45) is 0 Å². The number of ether oxygens (including phenoxy) is 3. The summed E-state index contributed by atoms with van der Waals surface area (Å²) in [5.41, 5.74) is 0. The van der Waals surface area contributed by atoms with E-state index in [1.165, 1.54) is 96.3 Å². The van der Waals surface area contributed by atoms with Crippen molar-refractivity contribution in [3.63, 3.8) is 0 Å². The molecule has 0 amide bonds. The van der Waals surface area contributed by atoms with Crippen LogP contribution in [0.2, 0.25) is 0 Å². The largest absolute Gasteiger partial charge is 0.462 e. The van der Waals surface area contributed by atoms with Crippen LogP contribution in [0.1, 0.15) is 220 Å². The summed E-state index contributed by atoms with van der Waals surface area (Å²) in [5, 5.41) is 0. The van der Waals surface area contributed by atoms with Gasteiger partial charge in [0.1, 0.15) is 13.2 Å². The van der Waals surface area contributed by atoms with E-state index in [1.807, 2.05) is 0 Å². The summed E-state index contributed by atoms with van der Waals surface area (Å²) in [6.07, 6.45) is 45.5. The lowest BCUT2D eigenvalue weighted by atomic mass is 10.0. The van der Waals surface area contributed by atoms with Gasteiger partial charge < -0.3 is 14.2 Å². The molecule has 1 unspecified atom stereocenters. The fourth-order valence-corrected chi connectivity index (χ4v) is 6.10. The molecule has 0 aliphatic heterocycles. The van der Waals surface area contributed by atoms with Crippen molar-refractivity contribution in [3.8, 4) is 0 Å². The standard InChI is InChI=1S/C46H82O6/c1-4-7-10-13-16-19-21-23-25-27-30-33-36-39-45(48)51-42-43(41-50-44(47)38-35-32-29-26-18-15-12-9-6-3)52-46(49)40-37-34-31-28-24-22-20-17-14-11-8-5-2/h7,10,16,19,23,25,43H,4-6,8-9,11-15,17-18,20-22,24,26-42H2,1-3H3/b10-7-,19-16-,25-23-. The van der Waals surface area contributed by atoms with E-state index in [9.17, 15) is 14.4 Å². The minimum Gasteiger partial charge on any atom is -0.462 e. The van der Waals surface area contributed by atoms with E-state index in [4.69, 9.17) is 14.2 Å². The summed E-state index contributed by atoms with van der Waals surface area (Å²) in [6, 6.07) is 0. The van der Waals surface area contributed by atoms with Gasteiger partial charge in [0.25, 0.3) is 0 Å². The Balaban J connectivity index is 4.40. The Labute approximate surface area is 321 Å². The van der Waals surface area contributed by atoms with Crippen molar-refractivity contribution >= 4 is 17.9 Å². The number of hydrogen-bond acceptors (Lipinski definition) is 6. The van der Waals surface area contributed by atoms with Crippen LogP contribution in [-0.4, -0.2) is 37.2 Å². The minimum atomic E-state index is -0.775. The predicted octanol–water partition coefficient (Wildman–Crippen LogP) is 13.8. The number of esters is 3. The maximum Gasteiger partial charge on any atom is 0.306 e. The molecule has 0 N–H and O–H groups in total. The highest BCUT2D eigenvalue weighted by atomic mass is 16.6. The van der Waals surface area contributed by atoms with Crippen molar-refractivity contribution in [2.75, 3.05) is 13.2 Å². The molecule has 0 fully saturated rings. The zero-order valence-electron chi connectivity index (χ0n) is 34.3. The second-order valence-electron chi connectivity index (χ2n) is 14.6. The fraction of sp³-hybridized carbons (Fsp3) is 0.804. The Hall–Kier alpha value is -2.37. The first kappa shape index (κ1) is 49.6. The molecule has 0 rings (SSSR count). The third kappa shape index (κ3) is 38.9. The van der Waals surface area contributed by atoms with Crippen LogP contribution in [0.3, 0.4) is 0 Å². The van der Waals surface area contributed by atoms with E-state index in [0.29, 0.717) is 19.3 Å². The lowest BCUT2D eigenvalue weighted by Gasteiger charge is -2.18. The molecule has 0 aromatic carbocycles. The molecule has 0 saturated carbocycles. The van der Waals surface area contributed by atoms with Crippen LogP contribution in [0, 0.1) is 0 Å². The molecule has 0 bridgehead atoms. The van der Waals surface area contributed by atoms with E-state index in [-0.39, 0.29) is 31.1 Å². The first-order valence-corrected chi connectivity index (χ1v) is 22.0. The van der Waals surface area contributed by atoms with Gasteiger partial charge in [0.2, 0.25) is 0 Å². The summed E-state index contributed by atoms with van der Waals surface area (Å²) in [5.74, 6) is -0.911.